The van der Waals surface area contributed by atoms with Crippen LogP contribution in [0.25, 0.3) is 0 Å². The standard InChI is InChI=1S/C26H41FN6S/c1-3-22(4-2)31-11-13-32(14-12-31)25-16-24(21(15-23(25)27)17-29-30-26(28)34)33-10-9-19-7-5-6-8-20(19)18-33/h15-17,19-20,22H,3-14,18H2,1-2H3,(H3,28,30,34)/b29-17+/t19-,20+/m0/s1. The quantitative estimate of drug-likeness (QED) is 0.339. The van der Waals surface area contributed by atoms with Gasteiger partial charge < -0.3 is 15.5 Å². The third-order valence-electron chi connectivity index (χ3n) is 8.22. The van der Waals surface area contributed by atoms with Crippen molar-refractivity contribution >= 4 is 34.9 Å². The normalized spacial score (nSPS) is 24.0. The summed E-state index contributed by atoms with van der Waals surface area (Å²) < 4.78 is 15.4. The molecule has 2 saturated heterocycles. The topological polar surface area (TPSA) is 60.1 Å². The molecule has 3 N–H and O–H groups in total. The molecule has 8 heteroatoms. The van der Waals surface area contributed by atoms with E-state index in [4.69, 9.17) is 18.0 Å². The molecule has 2 aliphatic heterocycles. The number of halogens is 1. The zero-order chi connectivity index (χ0) is 24.1. The fraction of sp³-hybridized carbons (Fsp3) is 0.692. The van der Waals surface area contributed by atoms with Gasteiger partial charge in [0.1, 0.15) is 5.82 Å². The van der Waals surface area contributed by atoms with E-state index < -0.39 is 0 Å². The van der Waals surface area contributed by atoms with Gasteiger partial charge in [0, 0.05) is 56.6 Å². The summed E-state index contributed by atoms with van der Waals surface area (Å²) in [4.78, 5) is 7.24. The molecular formula is C26H41FN6S. The Morgan fingerprint density at radius 3 is 2.44 bits per heavy atom. The highest BCUT2D eigenvalue weighted by Gasteiger charge is 2.32. The SMILES string of the molecule is CCC(CC)N1CCN(c2cc(N3CC[C@@H]4CCCC[C@@H]4C3)c(/C=N/NC(N)=S)cc2F)CC1. The maximum Gasteiger partial charge on any atom is 0.184 e. The van der Waals surface area contributed by atoms with Crippen molar-refractivity contribution in [1.29, 1.82) is 0 Å². The Bertz CT molecular complexity index is 865. The second kappa shape index (κ2) is 11.7. The number of rotatable bonds is 7. The number of piperazine rings is 1. The van der Waals surface area contributed by atoms with Gasteiger partial charge in [0.15, 0.2) is 5.11 Å². The molecule has 34 heavy (non-hydrogen) atoms. The van der Waals surface area contributed by atoms with Crippen LogP contribution in [0.15, 0.2) is 17.2 Å². The molecule has 0 spiro atoms. The van der Waals surface area contributed by atoms with Crippen molar-refractivity contribution in [3.63, 3.8) is 0 Å². The average molecular weight is 489 g/mol. The van der Waals surface area contributed by atoms with Crippen LogP contribution < -0.4 is 21.0 Å². The van der Waals surface area contributed by atoms with Gasteiger partial charge in [0.2, 0.25) is 0 Å². The zero-order valence-corrected chi connectivity index (χ0v) is 21.6. The van der Waals surface area contributed by atoms with E-state index in [2.05, 4.69) is 45.1 Å². The molecule has 1 aromatic rings. The third kappa shape index (κ3) is 5.82. The number of anilines is 2. The number of hydrazone groups is 1. The lowest BCUT2D eigenvalue weighted by Gasteiger charge is -2.43. The first-order valence-corrected chi connectivity index (χ1v) is 13.6. The lowest BCUT2D eigenvalue weighted by molar-refractivity contribution is 0.175. The molecule has 1 aromatic carbocycles. The molecule has 2 atom stereocenters. The van der Waals surface area contributed by atoms with Crippen LogP contribution in [-0.2, 0) is 0 Å². The van der Waals surface area contributed by atoms with Crippen LogP contribution >= 0.6 is 12.2 Å². The number of benzene rings is 1. The fourth-order valence-corrected chi connectivity index (χ4v) is 6.36. The molecular weight excluding hydrogens is 447 g/mol. The lowest BCUT2D eigenvalue weighted by Crippen LogP contribution is -2.50. The van der Waals surface area contributed by atoms with E-state index in [1.165, 1.54) is 44.9 Å². The highest BCUT2D eigenvalue weighted by molar-refractivity contribution is 7.80. The van der Waals surface area contributed by atoms with Gasteiger partial charge in [-0.15, -0.1) is 0 Å². The minimum Gasteiger partial charge on any atom is -0.375 e. The second-order valence-corrected chi connectivity index (χ2v) is 10.6. The molecule has 4 rings (SSSR count). The van der Waals surface area contributed by atoms with Crippen molar-refractivity contribution in [2.24, 2.45) is 22.7 Å². The smallest absolute Gasteiger partial charge is 0.184 e. The maximum absolute atomic E-state index is 15.4. The first kappa shape index (κ1) is 25.2. The first-order chi connectivity index (χ1) is 16.5. The minimum absolute atomic E-state index is 0.105. The molecule has 3 aliphatic rings. The van der Waals surface area contributed by atoms with Crippen molar-refractivity contribution < 1.29 is 4.39 Å². The van der Waals surface area contributed by atoms with Crippen molar-refractivity contribution in [3.05, 3.63) is 23.5 Å². The van der Waals surface area contributed by atoms with E-state index in [1.807, 2.05) is 0 Å². The largest absolute Gasteiger partial charge is 0.375 e. The number of piperidine rings is 1. The molecule has 188 valence electrons. The summed E-state index contributed by atoms with van der Waals surface area (Å²) in [6.45, 7) is 10.2. The van der Waals surface area contributed by atoms with Gasteiger partial charge in [-0.05, 0) is 61.9 Å². The maximum atomic E-state index is 15.4. The molecule has 0 radical (unpaired) electrons. The van der Waals surface area contributed by atoms with E-state index in [9.17, 15) is 0 Å². The lowest BCUT2D eigenvalue weighted by atomic mass is 9.75. The summed E-state index contributed by atoms with van der Waals surface area (Å²) in [5.74, 6) is 1.39. The minimum atomic E-state index is -0.191. The summed E-state index contributed by atoms with van der Waals surface area (Å²) in [5, 5.41) is 4.26. The predicted octanol–water partition coefficient (Wildman–Crippen LogP) is 4.32. The first-order valence-electron chi connectivity index (χ1n) is 13.2. The molecule has 6 nitrogen and oxygen atoms in total. The van der Waals surface area contributed by atoms with Crippen molar-refractivity contribution in [3.8, 4) is 0 Å². The molecule has 0 aromatic heterocycles. The van der Waals surface area contributed by atoms with Gasteiger partial charge in [-0.1, -0.05) is 33.1 Å². The summed E-state index contributed by atoms with van der Waals surface area (Å²) in [6, 6.07) is 4.32. The summed E-state index contributed by atoms with van der Waals surface area (Å²) in [6.07, 6.45) is 10.6. The molecule has 3 fully saturated rings. The Morgan fingerprint density at radius 2 is 1.76 bits per heavy atom. The Morgan fingerprint density at radius 1 is 1.06 bits per heavy atom. The van der Waals surface area contributed by atoms with Crippen LogP contribution in [0.1, 0.15) is 64.4 Å². The van der Waals surface area contributed by atoms with E-state index >= 15 is 4.39 Å². The van der Waals surface area contributed by atoms with Gasteiger partial charge in [-0.3, -0.25) is 10.3 Å². The van der Waals surface area contributed by atoms with Gasteiger partial charge in [0.05, 0.1) is 11.9 Å². The summed E-state index contributed by atoms with van der Waals surface area (Å²) in [5.41, 5.74) is 10.7. The van der Waals surface area contributed by atoms with Gasteiger partial charge >= 0.3 is 0 Å². The molecule has 0 amide bonds. The van der Waals surface area contributed by atoms with Crippen molar-refractivity contribution in [2.45, 2.75) is 64.8 Å². The number of hydrogen-bond donors (Lipinski definition) is 2. The van der Waals surface area contributed by atoms with E-state index in [-0.39, 0.29) is 10.9 Å². The molecule has 0 unspecified atom stereocenters. The second-order valence-electron chi connectivity index (χ2n) is 10.1. The van der Waals surface area contributed by atoms with Gasteiger partial charge in [-0.25, -0.2) is 4.39 Å². The van der Waals surface area contributed by atoms with E-state index in [0.717, 1.165) is 62.4 Å². The number of nitrogens with one attached hydrogen (secondary N) is 1. The molecule has 0 bridgehead atoms. The zero-order valence-electron chi connectivity index (χ0n) is 20.8. The Kier molecular flexibility index (Phi) is 8.64. The number of fused-ring (bicyclic) bond motifs is 1. The van der Waals surface area contributed by atoms with Crippen LogP contribution in [0.3, 0.4) is 0 Å². The number of thiocarbonyl (C=S) groups is 1. The predicted molar refractivity (Wildman–Crippen MR) is 144 cm³/mol. The van der Waals surface area contributed by atoms with Crippen LogP contribution in [0.4, 0.5) is 15.8 Å². The Hall–Kier alpha value is -1.93. The van der Waals surface area contributed by atoms with Crippen molar-refractivity contribution in [2.75, 3.05) is 49.1 Å². The van der Waals surface area contributed by atoms with E-state index in [1.54, 1.807) is 12.3 Å². The average Bonchev–Trinajstić information content (AvgIpc) is 2.85. The summed E-state index contributed by atoms with van der Waals surface area (Å²) >= 11 is 4.87. The molecule has 1 aliphatic carbocycles. The third-order valence-corrected chi connectivity index (χ3v) is 8.31. The van der Waals surface area contributed by atoms with Crippen LogP contribution in [0.2, 0.25) is 0 Å². The van der Waals surface area contributed by atoms with Crippen LogP contribution in [-0.4, -0.2) is 61.5 Å². The molecule has 2 heterocycles. The van der Waals surface area contributed by atoms with Crippen LogP contribution in [0.5, 0.6) is 0 Å². The Balaban J connectivity index is 1.57. The van der Waals surface area contributed by atoms with Crippen molar-refractivity contribution in [1.82, 2.24) is 10.3 Å². The van der Waals surface area contributed by atoms with Crippen LogP contribution in [0, 0.1) is 17.7 Å². The number of nitrogens with zero attached hydrogens (tertiary/aromatic N) is 4. The fourth-order valence-electron chi connectivity index (χ4n) is 6.30. The van der Waals surface area contributed by atoms with Gasteiger partial charge in [0.25, 0.3) is 0 Å². The summed E-state index contributed by atoms with van der Waals surface area (Å²) in [7, 11) is 0. The highest BCUT2D eigenvalue weighted by Crippen LogP contribution is 2.39. The highest BCUT2D eigenvalue weighted by atomic mass is 32.1. The number of hydrogen-bond acceptors (Lipinski definition) is 5. The van der Waals surface area contributed by atoms with Gasteiger partial charge in [-0.2, -0.15) is 5.10 Å². The van der Waals surface area contributed by atoms with E-state index in [0.29, 0.717) is 11.7 Å². The monoisotopic (exact) mass is 488 g/mol. The Labute approximate surface area is 209 Å². The molecule has 1 saturated carbocycles. The number of nitrogens with two attached hydrogens (primary N) is 1.